The first kappa shape index (κ1) is 12.0. The van der Waals surface area contributed by atoms with Crippen LogP contribution in [0.4, 0.5) is 0 Å². The highest BCUT2D eigenvalue weighted by atomic mass is 79.9. The second-order valence-corrected chi connectivity index (χ2v) is 5.50. The zero-order valence-corrected chi connectivity index (χ0v) is 10.4. The van der Waals surface area contributed by atoms with Crippen molar-refractivity contribution in [1.29, 1.82) is 0 Å². The second kappa shape index (κ2) is 4.61. The smallest absolute Gasteiger partial charge is 0.225 e. The predicted octanol–water partition coefficient (Wildman–Crippen LogP) is 1.92. The van der Waals surface area contributed by atoms with E-state index in [-0.39, 0.29) is 4.90 Å². The van der Waals surface area contributed by atoms with E-state index < -0.39 is 10.0 Å². The summed E-state index contributed by atoms with van der Waals surface area (Å²) in [6.45, 7) is 0. The van der Waals surface area contributed by atoms with Crippen molar-refractivity contribution in [3.05, 3.63) is 28.8 Å². The quantitative estimate of drug-likeness (QED) is 0.867. The summed E-state index contributed by atoms with van der Waals surface area (Å²) in [7, 11) is -3.65. The standard InChI is InChI=1S/C8H9BrClNO2S/c9-4-3-6-1-2-7(5-8(6)10)14(11,12)13/h1-2,5H,3-4H2,(H2,11,12,13). The third-order valence-corrected chi connectivity index (χ3v) is 3.38. The van der Waals surface area contributed by atoms with E-state index in [4.69, 9.17) is 16.7 Å². The van der Waals surface area contributed by atoms with Crippen LogP contribution in [0.15, 0.2) is 23.1 Å². The molecule has 0 saturated heterocycles. The lowest BCUT2D eigenvalue weighted by atomic mass is 10.2. The lowest BCUT2D eigenvalue weighted by molar-refractivity contribution is 0.598. The average Bonchev–Trinajstić information content (AvgIpc) is 2.07. The van der Waals surface area contributed by atoms with E-state index in [0.717, 1.165) is 17.3 Å². The molecule has 0 fully saturated rings. The van der Waals surface area contributed by atoms with E-state index in [0.29, 0.717) is 5.02 Å². The van der Waals surface area contributed by atoms with E-state index in [1.54, 1.807) is 6.07 Å². The van der Waals surface area contributed by atoms with Crippen LogP contribution >= 0.6 is 27.5 Å². The third kappa shape index (κ3) is 2.95. The topological polar surface area (TPSA) is 60.2 Å². The Kier molecular flexibility index (Phi) is 3.94. The minimum atomic E-state index is -3.65. The monoisotopic (exact) mass is 297 g/mol. The van der Waals surface area contributed by atoms with Crippen molar-refractivity contribution >= 4 is 37.6 Å². The van der Waals surface area contributed by atoms with Crippen LogP contribution in [0.5, 0.6) is 0 Å². The van der Waals surface area contributed by atoms with Gasteiger partial charge in [-0.1, -0.05) is 33.6 Å². The number of benzene rings is 1. The lowest BCUT2D eigenvalue weighted by Crippen LogP contribution is -2.12. The molecule has 0 amide bonds. The van der Waals surface area contributed by atoms with Crippen molar-refractivity contribution in [3.63, 3.8) is 0 Å². The van der Waals surface area contributed by atoms with Crippen molar-refractivity contribution < 1.29 is 8.42 Å². The van der Waals surface area contributed by atoms with Crippen LogP contribution in [0.1, 0.15) is 5.56 Å². The Hall–Kier alpha value is -0.100. The summed E-state index contributed by atoms with van der Waals surface area (Å²) in [5.74, 6) is 0. The highest BCUT2D eigenvalue weighted by Crippen LogP contribution is 2.20. The second-order valence-electron chi connectivity index (χ2n) is 2.74. The number of alkyl halides is 1. The molecule has 0 aromatic heterocycles. The maximum absolute atomic E-state index is 11.0. The summed E-state index contributed by atoms with van der Waals surface area (Å²) in [5, 5.41) is 6.16. The molecule has 78 valence electrons. The molecular weight excluding hydrogens is 290 g/mol. The molecule has 3 nitrogen and oxygen atoms in total. The molecule has 0 unspecified atom stereocenters. The maximum atomic E-state index is 11.0. The Morgan fingerprint density at radius 3 is 2.50 bits per heavy atom. The molecule has 14 heavy (non-hydrogen) atoms. The maximum Gasteiger partial charge on any atom is 0.238 e. The fraction of sp³-hybridized carbons (Fsp3) is 0.250. The zero-order valence-electron chi connectivity index (χ0n) is 7.20. The number of sulfonamides is 1. The molecular formula is C8H9BrClNO2S. The van der Waals surface area contributed by atoms with Crippen LogP contribution in [-0.4, -0.2) is 13.7 Å². The number of hydrogen-bond donors (Lipinski definition) is 1. The molecule has 1 aromatic rings. The number of rotatable bonds is 3. The van der Waals surface area contributed by atoms with Gasteiger partial charge < -0.3 is 0 Å². The average molecular weight is 299 g/mol. The first-order chi connectivity index (χ1) is 6.45. The summed E-state index contributed by atoms with van der Waals surface area (Å²) in [4.78, 5) is 0.0424. The van der Waals surface area contributed by atoms with Crippen LogP contribution in [0.2, 0.25) is 5.02 Å². The van der Waals surface area contributed by atoms with Gasteiger partial charge in [-0.25, -0.2) is 13.6 Å². The molecule has 6 heteroatoms. The van der Waals surface area contributed by atoms with Gasteiger partial charge in [-0.3, -0.25) is 0 Å². The summed E-state index contributed by atoms with van der Waals surface area (Å²) >= 11 is 9.15. The molecule has 0 atom stereocenters. The fourth-order valence-corrected chi connectivity index (χ4v) is 2.32. The van der Waals surface area contributed by atoms with Gasteiger partial charge in [0.2, 0.25) is 10.0 Å². The normalized spacial score (nSPS) is 11.6. The van der Waals surface area contributed by atoms with E-state index >= 15 is 0 Å². The van der Waals surface area contributed by atoms with Crippen molar-refractivity contribution in [1.82, 2.24) is 0 Å². The Bertz CT molecular complexity index is 433. The van der Waals surface area contributed by atoms with Crippen molar-refractivity contribution in [2.24, 2.45) is 5.14 Å². The Morgan fingerprint density at radius 2 is 2.07 bits per heavy atom. The van der Waals surface area contributed by atoms with Gasteiger partial charge in [-0.05, 0) is 24.1 Å². The number of aryl methyl sites for hydroxylation is 1. The molecule has 2 N–H and O–H groups in total. The molecule has 0 bridgehead atoms. The van der Waals surface area contributed by atoms with Gasteiger partial charge >= 0.3 is 0 Å². The van der Waals surface area contributed by atoms with Gasteiger partial charge in [0.15, 0.2) is 0 Å². The SMILES string of the molecule is NS(=O)(=O)c1ccc(CCBr)c(Cl)c1. The molecule has 0 radical (unpaired) electrons. The van der Waals surface area contributed by atoms with Gasteiger partial charge in [0.25, 0.3) is 0 Å². The molecule has 0 aliphatic heterocycles. The van der Waals surface area contributed by atoms with Gasteiger partial charge in [0.1, 0.15) is 0 Å². The van der Waals surface area contributed by atoms with E-state index in [9.17, 15) is 8.42 Å². The van der Waals surface area contributed by atoms with Crippen molar-refractivity contribution in [2.45, 2.75) is 11.3 Å². The Labute approximate surface area is 96.4 Å². The first-order valence-electron chi connectivity index (χ1n) is 3.82. The van der Waals surface area contributed by atoms with Gasteiger partial charge in [0, 0.05) is 10.4 Å². The highest BCUT2D eigenvalue weighted by molar-refractivity contribution is 9.09. The predicted molar refractivity (Wildman–Crippen MR) is 60.3 cm³/mol. The molecule has 0 aliphatic rings. The summed E-state index contributed by atoms with van der Waals surface area (Å²) in [6.07, 6.45) is 0.754. The Balaban J connectivity index is 3.13. The lowest BCUT2D eigenvalue weighted by Gasteiger charge is -2.03. The number of hydrogen-bond acceptors (Lipinski definition) is 2. The number of primary sulfonamides is 1. The minimum absolute atomic E-state index is 0.0424. The summed E-state index contributed by atoms with van der Waals surface area (Å²) in [6, 6.07) is 4.50. The van der Waals surface area contributed by atoms with E-state index in [1.165, 1.54) is 12.1 Å². The van der Waals surface area contributed by atoms with E-state index in [2.05, 4.69) is 15.9 Å². The van der Waals surface area contributed by atoms with E-state index in [1.807, 2.05) is 0 Å². The van der Waals surface area contributed by atoms with Crippen molar-refractivity contribution in [2.75, 3.05) is 5.33 Å². The first-order valence-corrected chi connectivity index (χ1v) is 6.87. The van der Waals surface area contributed by atoms with Crippen LogP contribution < -0.4 is 5.14 Å². The molecule has 1 rings (SSSR count). The van der Waals surface area contributed by atoms with Crippen molar-refractivity contribution in [3.8, 4) is 0 Å². The molecule has 1 aromatic carbocycles. The molecule has 0 saturated carbocycles. The minimum Gasteiger partial charge on any atom is -0.225 e. The largest absolute Gasteiger partial charge is 0.238 e. The van der Waals surface area contributed by atoms with Gasteiger partial charge in [-0.15, -0.1) is 0 Å². The van der Waals surface area contributed by atoms with Crippen LogP contribution in [0.3, 0.4) is 0 Å². The molecule has 0 aliphatic carbocycles. The summed E-state index contributed by atoms with van der Waals surface area (Å²) < 4.78 is 21.9. The highest BCUT2D eigenvalue weighted by Gasteiger charge is 2.09. The molecule has 0 spiro atoms. The Morgan fingerprint density at radius 1 is 1.43 bits per heavy atom. The summed E-state index contributed by atoms with van der Waals surface area (Å²) in [5.41, 5.74) is 0.899. The fourth-order valence-electron chi connectivity index (χ4n) is 1.01. The number of nitrogens with two attached hydrogens (primary N) is 1. The third-order valence-electron chi connectivity index (χ3n) is 1.72. The zero-order chi connectivity index (χ0) is 10.8. The molecule has 0 heterocycles. The van der Waals surface area contributed by atoms with Crippen LogP contribution in [-0.2, 0) is 16.4 Å². The number of halogens is 2. The van der Waals surface area contributed by atoms with Gasteiger partial charge in [-0.2, -0.15) is 0 Å². The van der Waals surface area contributed by atoms with Crippen LogP contribution in [0, 0.1) is 0 Å². The van der Waals surface area contributed by atoms with Gasteiger partial charge in [0.05, 0.1) is 4.90 Å². The van der Waals surface area contributed by atoms with Crippen LogP contribution in [0.25, 0.3) is 0 Å².